The molecule has 7 N–H and O–H groups in total. The fourth-order valence-corrected chi connectivity index (χ4v) is 3.09. The monoisotopic (exact) mass is 410 g/mol. The topological polar surface area (TPSA) is 191 Å². The summed E-state index contributed by atoms with van der Waals surface area (Å²) in [5.41, 5.74) is 6.45. The summed E-state index contributed by atoms with van der Waals surface area (Å²) < 4.78 is 0. The number of aliphatic carboxylic acids is 1. The number of nitrogens with one attached hydrogen (secondary N) is 3. The zero-order valence-electron chi connectivity index (χ0n) is 16.0. The number of carboxylic acids is 1. The molecule has 1 aromatic heterocycles. The summed E-state index contributed by atoms with van der Waals surface area (Å²) in [6.45, 7) is 1.17. The summed E-state index contributed by atoms with van der Waals surface area (Å²) >= 11 is 0. The molecule has 1 aliphatic heterocycles. The summed E-state index contributed by atoms with van der Waals surface area (Å²) in [5.74, 6) is -3.07. The van der Waals surface area contributed by atoms with Crippen molar-refractivity contribution in [3.63, 3.8) is 0 Å². The molecule has 2 heterocycles. The molecule has 1 saturated heterocycles. The summed E-state index contributed by atoms with van der Waals surface area (Å²) in [4.78, 5) is 55.8. The van der Waals surface area contributed by atoms with E-state index in [0.29, 0.717) is 25.1 Å². The number of carbonyl (C=O) groups is 4. The number of hydrogen-bond acceptors (Lipinski definition) is 7. The number of aromatic amines is 1. The van der Waals surface area contributed by atoms with E-state index in [0.717, 1.165) is 0 Å². The highest BCUT2D eigenvalue weighted by molar-refractivity contribution is 5.93. The first kappa shape index (κ1) is 22.3. The number of aliphatic hydroxyl groups is 1. The van der Waals surface area contributed by atoms with Crippen molar-refractivity contribution in [1.82, 2.24) is 25.5 Å². The van der Waals surface area contributed by atoms with E-state index in [1.165, 1.54) is 24.3 Å². The van der Waals surface area contributed by atoms with Gasteiger partial charge in [-0.25, -0.2) is 9.78 Å². The van der Waals surface area contributed by atoms with E-state index < -0.39 is 54.5 Å². The Bertz CT molecular complexity index is 737. The molecule has 12 heteroatoms. The Balaban J connectivity index is 1.89. The number of nitrogens with two attached hydrogens (primary N) is 1. The van der Waals surface area contributed by atoms with Crippen LogP contribution < -0.4 is 16.4 Å². The van der Waals surface area contributed by atoms with Gasteiger partial charge in [0.15, 0.2) is 0 Å². The van der Waals surface area contributed by atoms with E-state index in [1.807, 2.05) is 0 Å². The van der Waals surface area contributed by atoms with Gasteiger partial charge in [-0.05, 0) is 19.8 Å². The number of likely N-dealkylation sites (tertiary alicyclic amines) is 1. The van der Waals surface area contributed by atoms with E-state index in [4.69, 9.17) is 10.8 Å². The molecule has 2 rings (SSSR count). The van der Waals surface area contributed by atoms with Gasteiger partial charge < -0.3 is 36.5 Å². The second-order valence-electron chi connectivity index (χ2n) is 6.92. The van der Waals surface area contributed by atoms with Crippen LogP contribution in [0.3, 0.4) is 0 Å². The average molecular weight is 410 g/mol. The summed E-state index contributed by atoms with van der Waals surface area (Å²) in [6, 6.07) is -3.21. The van der Waals surface area contributed by atoms with Crippen LogP contribution in [-0.2, 0) is 25.6 Å². The number of aromatic nitrogens is 2. The van der Waals surface area contributed by atoms with Gasteiger partial charge in [-0.1, -0.05) is 0 Å². The third-order valence-corrected chi connectivity index (χ3v) is 4.67. The van der Waals surface area contributed by atoms with Gasteiger partial charge in [0.25, 0.3) is 0 Å². The van der Waals surface area contributed by atoms with Crippen LogP contribution in [0.2, 0.25) is 0 Å². The Morgan fingerprint density at radius 2 is 2.10 bits per heavy atom. The minimum Gasteiger partial charge on any atom is -0.480 e. The van der Waals surface area contributed by atoms with E-state index in [2.05, 4.69) is 20.6 Å². The summed E-state index contributed by atoms with van der Waals surface area (Å²) in [7, 11) is 0. The highest BCUT2D eigenvalue weighted by Gasteiger charge is 2.34. The Morgan fingerprint density at radius 3 is 2.69 bits per heavy atom. The molecule has 12 nitrogen and oxygen atoms in total. The minimum absolute atomic E-state index is 0.157. The van der Waals surface area contributed by atoms with Gasteiger partial charge in [0, 0.05) is 24.9 Å². The predicted octanol–water partition coefficient (Wildman–Crippen LogP) is -2.66. The fourth-order valence-electron chi connectivity index (χ4n) is 3.09. The van der Waals surface area contributed by atoms with Crippen LogP contribution in [0.15, 0.2) is 12.5 Å². The third-order valence-electron chi connectivity index (χ3n) is 4.67. The lowest BCUT2D eigenvalue weighted by Gasteiger charge is -2.24. The van der Waals surface area contributed by atoms with Crippen molar-refractivity contribution >= 4 is 23.7 Å². The van der Waals surface area contributed by atoms with Crippen molar-refractivity contribution in [3.8, 4) is 0 Å². The molecule has 0 bridgehead atoms. The largest absolute Gasteiger partial charge is 0.480 e. The highest BCUT2D eigenvalue weighted by Crippen LogP contribution is 2.17. The molecule has 0 saturated carbocycles. The molecular weight excluding hydrogens is 384 g/mol. The maximum atomic E-state index is 12.4. The zero-order chi connectivity index (χ0) is 21.6. The standard InChI is InChI=1S/C17H26N6O6/c1-9(24)14(22-15(26)11(18)5-10-6-19-8-21-10)16(27)20-7-13(25)23-4-2-3-12(23)17(28)29/h6,8-9,11-12,14,24H,2-5,7,18H2,1H3,(H,19,21)(H,20,27)(H,22,26)(H,28,29). The van der Waals surface area contributed by atoms with Gasteiger partial charge in [-0.2, -0.15) is 0 Å². The zero-order valence-corrected chi connectivity index (χ0v) is 16.0. The number of hydrogen-bond donors (Lipinski definition) is 6. The van der Waals surface area contributed by atoms with Gasteiger partial charge in [0.1, 0.15) is 12.1 Å². The first-order chi connectivity index (χ1) is 13.7. The molecule has 0 aliphatic carbocycles. The molecule has 0 spiro atoms. The number of rotatable bonds is 9. The van der Waals surface area contributed by atoms with Crippen LogP contribution in [0.4, 0.5) is 0 Å². The van der Waals surface area contributed by atoms with Crippen molar-refractivity contribution in [2.45, 2.75) is 50.4 Å². The Labute approximate surface area is 166 Å². The molecule has 3 amide bonds. The Hall–Kier alpha value is -2.99. The SMILES string of the molecule is CC(O)C(NC(=O)C(N)Cc1cnc[nH]1)C(=O)NCC(=O)N1CCCC1C(=O)O. The fraction of sp³-hybridized carbons (Fsp3) is 0.588. The molecule has 0 aromatic carbocycles. The second-order valence-corrected chi connectivity index (χ2v) is 6.92. The van der Waals surface area contributed by atoms with Gasteiger partial charge in [-0.15, -0.1) is 0 Å². The summed E-state index contributed by atoms with van der Waals surface area (Å²) in [6.07, 6.45) is 2.79. The first-order valence-corrected chi connectivity index (χ1v) is 9.22. The highest BCUT2D eigenvalue weighted by atomic mass is 16.4. The number of nitrogens with zero attached hydrogens (tertiary/aromatic N) is 2. The van der Waals surface area contributed by atoms with Crippen molar-refractivity contribution in [2.75, 3.05) is 13.1 Å². The van der Waals surface area contributed by atoms with E-state index in [1.54, 1.807) is 0 Å². The van der Waals surface area contributed by atoms with Crippen LogP contribution in [-0.4, -0.2) is 86.1 Å². The molecule has 0 radical (unpaired) electrons. The normalized spacial score (nSPS) is 19.3. The van der Waals surface area contributed by atoms with Crippen molar-refractivity contribution in [1.29, 1.82) is 0 Å². The Kier molecular flexibility index (Phi) is 7.67. The van der Waals surface area contributed by atoms with Crippen LogP contribution in [0.1, 0.15) is 25.5 Å². The smallest absolute Gasteiger partial charge is 0.326 e. The van der Waals surface area contributed by atoms with Crippen molar-refractivity contribution in [2.24, 2.45) is 5.73 Å². The number of imidazole rings is 1. The molecule has 1 aliphatic rings. The van der Waals surface area contributed by atoms with Gasteiger partial charge in [-0.3, -0.25) is 14.4 Å². The molecule has 160 valence electrons. The van der Waals surface area contributed by atoms with Crippen molar-refractivity contribution in [3.05, 3.63) is 18.2 Å². The first-order valence-electron chi connectivity index (χ1n) is 9.22. The van der Waals surface area contributed by atoms with Gasteiger partial charge >= 0.3 is 5.97 Å². The maximum Gasteiger partial charge on any atom is 0.326 e. The molecule has 29 heavy (non-hydrogen) atoms. The molecule has 4 atom stereocenters. The van der Waals surface area contributed by atoms with E-state index in [9.17, 15) is 24.3 Å². The van der Waals surface area contributed by atoms with Crippen LogP contribution >= 0.6 is 0 Å². The second kappa shape index (κ2) is 9.98. The quantitative estimate of drug-likeness (QED) is 0.254. The Morgan fingerprint density at radius 1 is 1.38 bits per heavy atom. The van der Waals surface area contributed by atoms with Crippen molar-refractivity contribution < 1.29 is 29.4 Å². The predicted molar refractivity (Wildman–Crippen MR) is 99.3 cm³/mol. The van der Waals surface area contributed by atoms with Crippen LogP contribution in [0.25, 0.3) is 0 Å². The lowest BCUT2D eigenvalue weighted by molar-refractivity contribution is -0.148. The molecular formula is C17H26N6O6. The minimum atomic E-state index is -1.32. The summed E-state index contributed by atoms with van der Waals surface area (Å²) in [5, 5.41) is 23.7. The van der Waals surface area contributed by atoms with Crippen LogP contribution in [0.5, 0.6) is 0 Å². The van der Waals surface area contributed by atoms with E-state index in [-0.39, 0.29) is 6.42 Å². The lowest BCUT2D eigenvalue weighted by atomic mass is 10.1. The number of amides is 3. The number of carbonyl (C=O) groups excluding carboxylic acids is 3. The molecule has 1 aromatic rings. The third kappa shape index (κ3) is 5.99. The number of H-pyrrole nitrogens is 1. The molecule has 1 fully saturated rings. The number of carboxylic acid groups (broad SMARTS) is 1. The molecule has 4 unspecified atom stereocenters. The van der Waals surface area contributed by atoms with Crippen LogP contribution in [0, 0.1) is 0 Å². The number of aliphatic hydroxyl groups excluding tert-OH is 1. The lowest BCUT2D eigenvalue weighted by Crippen LogP contribution is -2.57. The van der Waals surface area contributed by atoms with Gasteiger partial charge in [0.05, 0.1) is 25.0 Å². The maximum absolute atomic E-state index is 12.4. The van der Waals surface area contributed by atoms with Gasteiger partial charge in [0.2, 0.25) is 17.7 Å². The van der Waals surface area contributed by atoms with E-state index >= 15 is 0 Å². The average Bonchev–Trinajstić information content (AvgIpc) is 3.34.